The quantitative estimate of drug-likeness (QED) is 0.261. The fourth-order valence-electron chi connectivity index (χ4n) is 6.97. The Morgan fingerprint density at radius 3 is 2.14 bits per heavy atom. The molecule has 0 saturated heterocycles. The summed E-state index contributed by atoms with van der Waals surface area (Å²) in [7, 11) is -3.99. The molecule has 7 heteroatoms. The van der Waals surface area contributed by atoms with Crippen molar-refractivity contribution < 1.29 is 18.4 Å². The van der Waals surface area contributed by atoms with Gasteiger partial charge in [0.1, 0.15) is 5.78 Å². The molecule has 4 nitrogen and oxygen atoms in total. The zero-order chi connectivity index (χ0) is 32.1. The molecule has 0 aromatic heterocycles. The maximum atomic E-state index is 13.4. The van der Waals surface area contributed by atoms with E-state index in [-0.39, 0.29) is 49.9 Å². The number of Topliss-reactive ketones (excluding diaryl/α,β-unsaturated/α-hetero) is 1. The van der Waals surface area contributed by atoms with Gasteiger partial charge < -0.3 is 8.85 Å². The van der Waals surface area contributed by atoms with E-state index >= 15 is 0 Å². The first kappa shape index (κ1) is 35.7. The molecule has 0 bridgehead atoms. The molecule has 6 atom stereocenters. The summed E-state index contributed by atoms with van der Waals surface area (Å²) in [6, 6.07) is 0. The van der Waals surface area contributed by atoms with Gasteiger partial charge in [-0.15, -0.1) is 0 Å². The number of carbonyl (C=O) groups excluding carboxylic acids is 2. The minimum Gasteiger partial charge on any atom is -0.413 e. The fourth-order valence-corrected chi connectivity index (χ4v) is 10.8. The molecule has 0 N–H and O–H groups in total. The molecule has 0 aliphatic heterocycles. The number of allylic oxidation sites excluding steroid dienone is 3. The van der Waals surface area contributed by atoms with E-state index in [9.17, 15) is 9.59 Å². The monoisotopic (exact) mass is 632 g/mol. The van der Waals surface area contributed by atoms with E-state index < -0.39 is 16.6 Å². The van der Waals surface area contributed by atoms with Crippen LogP contribution in [0.3, 0.4) is 0 Å². The number of hydrogen-bond acceptors (Lipinski definition) is 5. The van der Waals surface area contributed by atoms with E-state index in [1.807, 2.05) is 0 Å². The van der Waals surface area contributed by atoms with Gasteiger partial charge in [0.25, 0.3) is 0 Å². The lowest BCUT2D eigenvalue weighted by Crippen LogP contribution is -2.49. The van der Waals surface area contributed by atoms with Crippen molar-refractivity contribution in [3.05, 3.63) is 35.5 Å². The molecule has 3 aliphatic carbocycles. The molecule has 42 heavy (non-hydrogen) atoms. The zero-order valence-corrected chi connectivity index (χ0v) is 31.8. The lowest BCUT2D eigenvalue weighted by Gasteiger charge is -2.45. The first-order chi connectivity index (χ1) is 19.0. The normalized spacial score (nSPS) is 32.4. The second-order valence-corrected chi connectivity index (χ2v) is 27.7. The van der Waals surface area contributed by atoms with Crippen LogP contribution in [0.1, 0.15) is 101 Å². The summed E-state index contributed by atoms with van der Waals surface area (Å²) < 4.78 is 14.0. The standard InChI is InChI=1S/C35H60O4SSi2/c1-23-27(18-17-26-16-15-19-35(10)29(26)22-30(37)32(35)24(2)40-25(3)36)20-28(38-41(11,12)33(4,5)6)21-31(23)39-42(13,14)34(7,8)9/h17-18,24,28-29,31-32H,1,15-16,19-22H2,2-14H3/b26-17+,27-18-/t24?,28-,29+,31+,32+,35+/m1/s1. The van der Waals surface area contributed by atoms with Crippen molar-refractivity contribution in [2.24, 2.45) is 17.3 Å². The molecule has 3 saturated carbocycles. The maximum absolute atomic E-state index is 13.4. The SMILES string of the molecule is C=C1/C(=C\C=C2/CCC[C@]3(C)[C@@H](C(C)SC(C)=O)C(=O)C[C@@H]23)C[C@@H](O[Si](C)(C)C(C)(C)C)C[C@@H]1O[Si](C)(C)C(C)(C)C. The first-order valence-electron chi connectivity index (χ1n) is 16.1. The Morgan fingerprint density at radius 2 is 1.60 bits per heavy atom. The molecule has 3 fully saturated rings. The topological polar surface area (TPSA) is 52.6 Å². The van der Waals surface area contributed by atoms with Gasteiger partial charge in [-0.1, -0.05) is 91.5 Å². The summed E-state index contributed by atoms with van der Waals surface area (Å²) in [4.78, 5) is 25.3. The van der Waals surface area contributed by atoms with Crippen molar-refractivity contribution in [1.29, 1.82) is 0 Å². The van der Waals surface area contributed by atoms with Crippen molar-refractivity contribution in [1.82, 2.24) is 0 Å². The maximum Gasteiger partial charge on any atom is 0.192 e. The Kier molecular flexibility index (Phi) is 10.7. The van der Waals surface area contributed by atoms with Crippen molar-refractivity contribution in [2.75, 3.05) is 0 Å². The van der Waals surface area contributed by atoms with Crippen molar-refractivity contribution in [2.45, 2.75) is 155 Å². The molecule has 1 unspecified atom stereocenters. The van der Waals surface area contributed by atoms with Crippen LogP contribution in [-0.4, -0.2) is 45.0 Å². The Morgan fingerprint density at radius 1 is 1.02 bits per heavy atom. The van der Waals surface area contributed by atoms with Gasteiger partial charge in [-0.25, -0.2) is 0 Å². The van der Waals surface area contributed by atoms with Gasteiger partial charge in [0.15, 0.2) is 21.8 Å². The van der Waals surface area contributed by atoms with Crippen LogP contribution in [0.15, 0.2) is 35.5 Å². The molecule has 3 rings (SSSR count). The minimum atomic E-state index is -2.02. The molecule has 0 heterocycles. The average Bonchev–Trinajstić information content (AvgIpc) is 3.08. The van der Waals surface area contributed by atoms with Crippen LogP contribution in [0.2, 0.25) is 36.3 Å². The highest BCUT2D eigenvalue weighted by molar-refractivity contribution is 8.14. The van der Waals surface area contributed by atoms with Gasteiger partial charge in [-0.2, -0.15) is 0 Å². The molecule has 0 spiro atoms. The zero-order valence-electron chi connectivity index (χ0n) is 29.0. The lowest BCUT2D eigenvalue weighted by molar-refractivity contribution is -0.122. The Hall–Kier alpha value is -0.736. The van der Waals surface area contributed by atoms with Crippen molar-refractivity contribution in [3.8, 4) is 0 Å². The van der Waals surface area contributed by atoms with Crippen LogP contribution in [0.25, 0.3) is 0 Å². The molecule has 0 amide bonds. The summed E-state index contributed by atoms with van der Waals surface area (Å²) in [6.07, 6.45) is 10.1. The summed E-state index contributed by atoms with van der Waals surface area (Å²) in [5.74, 6) is 0.505. The van der Waals surface area contributed by atoms with Crippen LogP contribution < -0.4 is 0 Å². The van der Waals surface area contributed by atoms with Gasteiger partial charge in [0.2, 0.25) is 0 Å². The van der Waals surface area contributed by atoms with Crippen LogP contribution in [0, 0.1) is 17.3 Å². The van der Waals surface area contributed by atoms with Gasteiger partial charge in [-0.3, -0.25) is 9.59 Å². The number of hydrogen-bond donors (Lipinski definition) is 0. The number of thioether (sulfide) groups is 1. The van der Waals surface area contributed by atoms with E-state index in [1.165, 1.54) is 22.9 Å². The van der Waals surface area contributed by atoms with Gasteiger partial charge >= 0.3 is 0 Å². The summed E-state index contributed by atoms with van der Waals surface area (Å²) in [6.45, 7) is 33.7. The van der Waals surface area contributed by atoms with E-state index in [1.54, 1.807) is 6.92 Å². The third kappa shape index (κ3) is 7.55. The Balaban J connectivity index is 1.95. The predicted molar refractivity (Wildman–Crippen MR) is 185 cm³/mol. The Bertz CT molecular complexity index is 1120. The average molecular weight is 633 g/mol. The third-order valence-electron chi connectivity index (χ3n) is 11.4. The van der Waals surface area contributed by atoms with Gasteiger partial charge in [0, 0.05) is 30.9 Å². The molecule has 0 aromatic rings. The number of fused-ring (bicyclic) bond motifs is 1. The molecule has 3 aliphatic rings. The number of rotatable bonds is 7. The van der Waals surface area contributed by atoms with Crippen LogP contribution in [0.4, 0.5) is 0 Å². The molecule has 0 radical (unpaired) electrons. The lowest BCUT2D eigenvalue weighted by atomic mass is 9.63. The largest absolute Gasteiger partial charge is 0.413 e. The second kappa shape index (κ2) is 12.6. The van der Waals surface area contributed by atoms with E-state index in [4.69, 9.17) is 8.85 Å². The highest BCUT2D eigenvalue weighted by Crippen LogP contribution is 2.58. The summed E-state index contributed by atoms with van der Waals surface area (Å²) in [5.41, 5.74) is 3.62. The van der Waals surface area contributed by atoms with Crippen molar-refractivity contribution >= 4 is 39.3 Å². The summed E-state index contributed by atoms with van der Waals surface area (Å²) in [5, 5.41) is 0.363. The van der Waals surface area contributed by atoms with E-state index in [0.717, 1.165) is 37.7 Å². The van der Waals surface area contributed by atoms with Crippen LogP contribution in [0.5, 0.6) is 0 Å². The van der Waals surface area contributed by atoms with Crippen LogP contribution in [-0.2, 0) is 18.4 Å². The van der Waals surface area contributed by atoms with Gasteiger partial charge in [0.05, 0.1) is 12.2 Å². The van der Waals surface area contributed by atoms with E-state index in [0.29, 0.717) is 12.2 Å². The first-order valence-corrected chi connectivity index (χ1v) is 22.8. The number of ketones is 1. The summed E-state index contributed by atoms with van der Waals surface area (Å²) >= 11 is 1.34. The molecular weight excluding hydrogens is 573 g/mol. The predicted octanol–water partition coefficient (Wildman–Crippen LogP) is 10.0. The van der Waals surface area contributed by atoms with Crippen molar-refractivity contribution in [3.63, 3.8) is 0 Å². The molecule has 0 aromatic carbocycles. The second-order valence-electron chi connectivity index (χ2n) is 16.6. The smallest absolute Gasteiger partial charge is 0.192 e. The van der Waals surface area contributed by atoms with Gasteiger partial charge in [-0.05, 0) is 84.4 Å². The van der Waals surface area contributed by atoms with E-state index in [2.05, 4.69) is 100 Å². The molecule has 238 valence electrons. The van der Waals surface area contributed by atoms with Crippen LogP contribution >= 0.6 is 11.8 Å². The number of carbonyl (C=O) groups is 2. The highest BCUT2D eigenvalue weighted by atomic mass is 32.2. The highest BCUT2D eigenvalue weighted by Gasteiger charge is 2.55. The molecular formula is C35H60O4SSi2. The fraction of sp³-hybridized carbons (Fsp3) is 0.771. The minimum absolute atomic E-state index is 0.0160. The Labute approximate surface area is 264 Å². The third-order valence-corrected chi connectivity index (χ3v) is 21.4.